The minimum Gasteiger partial charge on any atom is -0.409 e. The van der Waals surface area contributed by atoms with E-state index >= 15 is 0 Å². The number of nitrogens with zero attached hydrogens (tertiary/aromatic N) is 1. The Balaban J connectivity index is 3.07. The normalized spacial score (nSPS) is 12.7. The van der Waals surface area contributed by atoms with Gasteiger partial charge in [-0.3, -0.25) is 4.72 Å². The molecule has 0 spiro atoms. The van der Waals surface area contributed by atoms with Crippen LogP contribution in [0.3, 0.4) is 0 Å². The van der Waals surface area contributed by atoms with Crippen LogP contribution in [0.1, 0.15) is 31.4 Å². The molecule has 0 atom stereocenters. The minimum absolute atomic E-state index is 0.0359. The van der Waals surface area contributed by atoms with Crippen molar-refractivity contribution < 1.29 is 13.6 Å². The Labute approximate surface area is 119 Å². The molecule has 0 heterocycles. The predicted molar refractivity (Wildman–Crippen MR) is 80.6 cm³/mol. The van der Waals surface area contributed by atoms with Gasteiger partial charge in [-0.2, -0.15) is 0 Å². The SMILES string of the molecule is Cc1cccc(NS(=O)(=O)CCC(C)C)c1/C(N)=N/O. The van der Waals surface area contributed by atoms with E-state index in [-0.39, 0.29) is 11.6 Å². The van der Waals surface area contributed by atoms with Crippen LogP contribution in [-0.4, -0.2) is 25.2 Å². The van der Waals surface area contributed by atoms with Gasteiger partial charge in [0.2, 0.25) is 10.0 Å². The van der Waals surface area contributed by atoms with Crippen molar-refractivity contribution in [1.82, 2.24) is 0 Å². The Morgan fingerprint density at radius 1 is 1.45 bits per heavy atom. The Bertz CT molecular complexity index is 595. The van der Waals surface area contributed by atoms with Crippen molar-refractivity contribution in [2.45, 2.75) is 27.2 Å². The third-order valence-corrected chi connectivity index (χ3v) is 4.17. The number of benzene rings is 1. The average molecular weight is 299 g/mol. The smallest absolute Gasteiger partial charge is 0.232 e. The van der Waals surface area contributed by atoms with Gasteiger partial charge >= 0.3 is 0 Å². The molecule has 112 valence electrons. The van der Waals surface area contributed by atoms with E-state index in [0.29, 0.717) is 23.6 Å². The molecule has 0 aromatic heterocycles. The molecule has 0 amide bonds. The molecule has 0 bridgehead atoms. The number of anilines is 1. The van der Waals surface area contributed by atoms with Crippen molar-refractivity contribution >= 4 is 21.5 Å². The van der Waals surface area contributed by atoms with E-state index in [2.05, 4.69) is 9.88 Å². The molecule has 0 aliphatic carbocycles. The molecule has 0 radical (unpaired) electrons. The zero-order valence-electron chi connectivity index (χ0n) is 11.9. The molecule has 7 heteroatoms. The van der Waals surface area contributed by atoms with Gasteiger partial charge in [-0.15, -0.1) is 0 Å². The van der Waals surface area contributed by atoms with E-state index in [1.54, 1.807) is 25.1 Å². The highest BCUT2D eigenvalue weighted by Crippen LogP contribution is 2.21. The summed E-state index contributed by atoms with van der Waals surface area (Å²) in [6, 6.07) is 5.07. The van der Waals surface area contributed by atoms with Crippen LogP contribution in [0.2, 0.25) is 0 Å². The first-order chi connectivity index (χ1) is 9.26. The fourth-order valence-corrected chi connectivity index (χ4v) is 3.14. The number of hydrogen-bond donors (Lipinski definition) is 3. The van der Waals surface area contributed by atoms with Gasteiger partial charge in [0.05, 0.1) is 11.4 Å². The molecule has 0 aliphatic rings. The van der Waals surface area contributed by atoms with Crippen LogP contribution < -0.4 is 10.5 Å². The van der Waals surface area contributed by atoms with Crippen molar-refractivity contribution in [3.05, 3.63) is 29.3 Å². The summed E-state index contributed by atoms with van der Waals surface area (Å²) in [6.07, 6.45) is 0.569. The summed E-state index contributed by atoms with van der Waals surface area (Å²) in [4.78, 5) is 0. The molecule has 4 N–H and O–H groups in total. The number of sulfonamides is 1. The number of amidine groups is 1. The molecular weight excluding hydrogens is 278 g/mol. The molecule has 6 nitrogen and oxygen atoms in total. The van der Waals surface area contributed by atoms with Gasteiger partial charge in [0.1, 0.15) is 0 Å². The highest BCUT2D eigenvalue weighted by molar-refractivity contribution is 7.92. The Morgan fingerprint density at radius 3 is 2.65 bits per heavy atom. The number of nitrogens with one attached hydrogen (secondary N) is 1. The van der Waals surface area contributed by atoms with Crippen molar-refractivity contribution in [1.29, 1.82) is 0 Å². The van der Waals surface area contributed by atoms with Gasteiger partial charge in [0.25, 0.3) is 0 Å². The number of hydrogen-bond acceptors (Lipinski definition) is 4. The molecular formula is C13H21N3O3S. The van der Waals surface area contributed by atoms with Crippen LogP contribution >= 0.6 is 0 Å². The number of rotatable bonds is 6. The molecule has 0 unspecified atom stereocenters. The minimum atomic E-state index is -3.45. The van der Waals surface area contributed by atoms with E-state index in [9.17, 15) is 8.42 Å². The van der Waals surface area contributed by atoms with E-state index < -0.39 is 10.0 Å². The van der Waals surface area contributed by atoms with Crippen molar-refractivity contribution in [2.75, 3.05) is 10.5 Å². The quantitative estimate of drug-likeness (QED) is 0.323. The average Bonchev–Trinajstić information content (AvgIpc) is 2.35. The van der Waals surface area contributed by atoms with Gasteiger partial charge in [0.15, 0.2) is 5.84 Å². The second kappa shape index (κ2) is 6.60. The lowest BCUT2D eigenvalue weighted by atomic mass is 10.1. The van der Waals surface area contributed by atoms with Gasteiger partial charge < -0.3 is 10.9 Å². The van der Waals surface area contributed by atoms with Crippen LogP contribution in [0.15, 0.2) is 23.4 Å². The first-order valence-corrected chi connectivity index (χ1v) is 8.00. The number of nitrogens with two attached hydrogens (primary N) is 1. The van der Waals surface area contributed by atoms with E-state index in [0.717, 1.165) is 5.56 Å². The van der Waals surface area contributed by atoms with Crippen LogP contribution in [0.4, 0.5) is 5.69 Å². The van der Waals surface area contributed by atoms with Crippen molar-refractivity contribution in [2.24, 2.45) is 16.8 Å². The predicted octanol–water partition coefficient (Wildman–Crippen LogP) is 1.88. The summed E-state index contributed by atoms with van der Waals surface area (Å²) >= 11 is 0. The number of aryl methyl sites for hydroxylation is 1. The topological polar surface area (TPSA) is 105 Å². The second-order valence-electron chi connectivity index (χ2n) is 5.09. The fraction of sp³-hybridized carbons (Fsp3) is 0.462. The van der Waals surface area contributed by atoms with Gasteiger partial charge in [-0.25, -0.2) is 8.42 Å². The lowest BCUT2D eigenvalue weighted by Crippen LogP contribution is -2.22. The molecule has 1 aromatic rings. The largest absolute Gasteiger partial charge is 0.409 e. The third kappa shape index (κ3) is 4.41. The maximum absolute atomic E-state index is 12.0. The maximum Gasteiger partial charge on any atom is 0.232 e. The van der Waals surface area contributed by atoms with Crippen LogP contribution in [0.5, 0.6) is 0 Å². The molecule has 1 aromatic carbocycles. The summed E-state index contributed by atoms with van der Waals surface area (Å²) in [5.74, 6) is 0.214. The van der Waals surface area contributed by atoms with Crippen LogP contribution in [0, 0.1) is 12.8 Å². The molecule has 0 saturated heterocycles. The van der Waals surface area contributed by atoms with Gasteiger partial charge in [-0.1, -0.05) is 31.1 Å². The zero-order valence-corrected chi connectivity index (χ0v) is 12.7. The fourth-order valence-electron chi connectivity index (χ4n) is 1.75. The Morgan fingerprint density at radius 2 is 2.10 bits per heavy atom. The highest BCUT2D eigenvalue weighted by Gasteiger charge is 2.16. The Hall–Kier alpha value is -1.76. The molecule has 1 rings (SSSR count). The van der Waals surface area contributed by atoms with Crippen molar-refractivity contribution in [3.63, 3.8) is 0 Å². The van der Waals surface area contributed by atoms with E-state index in [1.165, 1.54) is 0 Å². The van der Waals surface area contributed by atoms with Crippen LogP contribution in [-0.2, 0) is 10.0 Å². The van der Waals surface area contributed by atoms with Gasteiger partial charge in [0, 0.05) is 5.56 Å². The molecule has 0 saturated carbocycles. The monoisotopic (exact) mass is 299 g/mol. The second-order valence-corrected chi connectivity index (χ2v) is 6.93. The summed E-state index contributed by atoms with van der Waals surface area (Å²) < 4.78 is 26.5. The summed E-state index contributed by atoms with van der Waals surface area (Å²) in [6.45, 7) is 5.69. The highest BCUT2D eigenvalue weighted by atomic mass is 32.2. The zero-order chi connectivity index (χ0) is 15.3. The molecule has 0 aliphatic heterocycles. The van der Waals surface area contributed by atoms with Crippen molar-refractivity contribution in [3.8, 4) is 0 Å². The standard InChI is InChI=1S/C13H21N3O3S/c1-9(2)7-8-20(18,19)16-11-6-4-5-10(3)12(11)13(14)15-17/h4-6,9,16-17H,7-8H2,1-3H3,(H2,14,15). The summed E-state index contributed by atoms with van der Waals surface area (Å²) in [7, 11) is -3.45. The third-order valence-electron chi connectivity index (χ3n) is 2.87. The maximum atomic E-state index is 12.0. The lowest BCUT2D eigenvalue weighted by Gasteiger charge is -2.14. The van der Waals surface area contributed by atoms with Gasteiger partial charge in [-0.05, 0) is 30.9 Å². The van der Waals surface area contributed by atoms with E-state index in [4.69, 9.17) is 10.9 Å². The lowest BCUT2D eigenvalue weighted by molar-refractivity contribution is 0.318. The summed E-state index contributed by atoms with van der Waals surface area (Å²) in [5, 5.41) is 11.7. The van der Waals surface area contributed by atoms with E-state index in [1.807, 2.05) is 13.8 Å². The number of oxime groups is 1. The van der Waals surface area contributed by atoms with Crippen LogP contribution in [0.25, 0.3) is 0 Å². The first-order valence-electron chi connectivity index (χ1n) is 6.35. The molecule has 0 fully saturated rings. The Kier molecular flexibility index (Phi) is 5.38. The molecule has 20 heavy (non-hydrogen) atoms. The first kappa shape index (κ1) is 16.3. The summed E-state index contributed by atoms with van der Waals surface area (Å²) in [5.41, 5.74) is 7.04.